The lowest BCUT2D eigenvalue weighted by Gasteiger charge is -2.42. The standard InChI is InChI=1S/C16H23NO/c1-13-4-11-17-12-14(13)16(18)9-7-15(8-10-16)5-2-3-6-15/h4,11-12,18H,2-3,5-10H2,1H3. The van der Waals surface area contributed by atoms with Crippen LogP contribution in [0.15, 0.2) is 18.5 Å². The molecule has 2 aliphatic carbocycles. The van der Waals surface area contributed by atoms with E-state index in [0.717, 1.165) is 18.4 Å². The highest BCUT2D eigenvalue weighted by Gasteiger charge is 2.44. The van der Waals surface area contributed by atoms with Crippen molar-refractivity contribution in [2.24, 2.45) is 5.41 Å². The number of aryl methyl sites for hydroxylation is 1. The maximum Gasteiger partial charge on any atom is 0.0914 e. The van der Waals surface area contributed by atoms with Crippen molar-refractivity contribution in [1.29, 1.82) is 0 Å². The first-order valence-electron chi connectivity index (χ1n) is 7.27. The number of rotatable bonds is 1. The van der Waals surface area contributed by atoms with Crippen LogP contribution in [0, 0.1) is 12.3 Å². The van der Waals surface area contributed by atoms with Crippen LogP contribution < -0.4 is 0 Å². The first kappa shape index (κ1) is 12.2. The van der Waals surface area contributed by atoms with Crippen LogP contribution in [0.2, 0.25) is 0 Å². The van der Waals surface area contributed by atoms with Gasteiger partial charge in [0.1, 0.15) is 0 Å². The van der Waals surface area contributed by atoms with Crippen molar-refractivity contribution in [1.82, 2.24) is 4.98 Å². The van der Waals surface area contributed by atoms with E-state index in [2.05, 4.69) is 11.9 Å². The van der Waals surface area contributed by atoms with E-state index in [1.807, 2.05) is 18.5 Å². The van der Waals surface area contributed by atoms with E-state index < -0.39 is 5.60 Å². The summed E-state index contributed by atoms with van der Waals surface area (Å²) in [5.74, 6) is 0. The molecule has 0 atom stereocenters. The minimum Gasteiger partial charge on any atom is -0.385 e. The number of pyridine rings is 1. The number of aliphatic hydroxyl groups is 1. The molecule has 3 rings (SSSR count). The molecule has 1 aromatic rings. The Morgan fingerprint density at radius 2 is 1.72 bits per heavy atom. The zero-order valence-corrected chi connectivity index (χ0v) is 11.3. The lowest BCUT2D eigenvalue weighted by molar-refractivity contribution is -0.0383. The zero-order valence-electron chi connectivity index (χ0n) is 11.3. The summed E-state index contributed by atoms with van der Waals surface area (Å²) in [5, 5.41) is 10.9. The molecule has 18 heavy (non-hydrogen) atoms. The van der Waals surface area contributed by atoms with E-state index in [-0.39, 0.29) is 0 Å². The van der Waals surface area contributed by atoms with Gasteiger partial charge < -0.3 is 5.11 Å². The summed E-state index contributed by atoms with van der Waals surface area (Å²) in [4.78, 5) is 4.19. The second-order valence-corrected chi connectivity index (χ2v) is 6.43. The maximum atomic E-state index is 10.9. The van der Waals surface area contributed by atoms with Crippen molar-refractivity contribution in [3.8, 4) is 0 Å². The summed E-state index contributed by atoms with van der Waals surface area (Å²) >= 11 is 0. The van der Waals surface area contributed by atoms with Crippen molar-refractivity contribution in [3.63, 3.8) is 0 Å². The third kappa shape index (κ3) is 1.97. The van der Waals surface area contributed by atoms with Gasteiger partial charge in [0.15, 0.2) is 0 Å². The average Bonchev–Trinajstić information content (AvgIpc) is 2.83. The van der Waals surface area contributed by atoms with Crippen LogP contribution in [0.4, 0.5) is 0 Å². The predicted molar refractivity (Wildman–Crippen MR) is 72.2 cm³/mol. The molecule has 98 valence electrons. The van der Waals surface area contributed by atoms with Crippen LogP contribution in [0.1, 0.15) is 62.5 Å². The van der Waals surface area contributed by atoms with Gasteiger partial charge in [-0.2, -0.15) is 0 Å². The predicted octanol–water partition coefficient (Wildman–Crippen LogP) is 3.71. The summed E-state index contributed by atoms with van der Waals surface area (Å²) < 4.78 is 0. The summed E-state index contributed by atoms with van der Waals surface area (Å²) in [6.45, 7) is 2.08. The van der Waals surface area contributed by atoms with Gasteiger partial charge in [-0.3, -0.25) is 4.98 Å². The van der Waals surface area contributed by atoms with E-state index in [9.17, 15) is 5.11 Å². The summed E-state index contributed by atoms with van der Waals surface area (Å²) in [6, 6.07) is 2.01. The van der Waals surface area contributed by atoms with Crippen LogP contribution in [0.3, 0.4) is 0 Å². The maximum absolute atomic E-state index is 10.9. The van der Waals surface area contributed by atoms with E-state index in [0.29, 0.717) is 5.41 Å². The van der Waals surface area contributed by atoms with E-state index in [1.54, 1.807) is 0 Å². The molecule has 0 saturated heterocycles. The third-order valence-electron chi connectivity index (χ3n) is 5.34. The van der Waals surface area contributed by atoms with E-state index >= 15 is 0 Å². The Balaban J connectivity index is 1.80. The molecule has 1 N–H and O–H groups in total. The van der Waals surface area contributed by atoms with Crippen LogP contribution >= 0.6 is 0 Å². The molecule has 0 unspecified atom stereocenters. The number of nitrogens with zero attached hydrogens (tertiary/aromatic N) is 1. The van der Waals surface area contributed by atoms with Gasteiger partial charge in [0.25, 0.3) is 0 Å². The summed E-state index contributed by atoms with van der Waals surface area (Å²) in [7, 11) is 0. The number of aromatic nitrogens is 1. The van der Waals surface area contributed by atoms with Crippen molar-refractivity contribution in [2.75, 3.05) is 0 Å². The largest absolute Gasteiger partial charge is 0.385 e. The molecule has 0 aromatic carbocycles. The van der Waals surface area contributed by atoms with Gasteiger partial charge in [0, 0.05) is 18.0 Å². The van der Waals surface area contributed by atoms with Crippen LogP contribution in [0.5, 0.6) is 0 Å². The van der Waals surface area contributed by atoms with Gasteiger partial charge in [0.05, 0.1) is 5.60 Å². The molecule has 1 aromatic heterocycles. The molecule has 2 saturated carbocycles. The van der Waals surface area contributed by atoms with E-state index in [4.69, 9.17) is 0 Å². The fourth-order valence-electron chi connectivity index (χ4n) is 4.04. The van der Waals surface area contributed by atoms with Crippen molar-refractivity contribution >= 4 is 0 Å². The SMILES string of the molecule is Cc1ccncc1C1(O)CCC2(CCCC2)CC1. The van der Waals surface area contributed by atoms with Crippen molar-refractivity contribution in [3.05, 3.63) is 29.6 Å². The fourth-order valence-corrected chi connectivity index (χ4v) is 4.04. The second kappa shape index (κ2) is 4.34. The van der Waals surface area contributed by atoms with E-state index in [1.165, 1.54) is 44.1 Å². The monoisotopic (exact) mass is 245 g/mol. The Morgan fingerprint density at radius 3 is 2.33 bits per heavy atom. The molecule has 2 aliphatic rings. The molecular formula is C16H23NO. The average molecular weight is 245 g/mol. The van der Waals surface area contributed by atoms with Crippen LogP contribution in [-0.2, 0) is 5.60 Å². The molecule has 0 amide bonds. The lowest BCUT2D eigenvalue weighted by atomic mass is 9.66. The Labute approximate surface area is 109 Å². The normalized spacial score (nSPS) is 25.4. The van der Waals surface area contributed by atoms with Gasteiger partial charge in [-0.25, -0.2) is 0 Å². The minimum absolute atomic E-state index is 0.572. The molecule has 1 spiro atoms. The molecule has 2 heteroatoms. The Bertz CT molecular complexity index is 424. The number of hydrogen-bond acceptors (Lipinski definition) is 2. The van der Waals surface area contributed by atoms with Crippen molar-refractivity contribution < 1.29 is 5.11 Å². The summed E-state index contributed by atoms with van der Waals surface area (Å²) in [6.07, 6.45) is 13.4. The van der Waals surface area contributed by atoms with Gasteiger partial charge in [-0.15, -0.1) is 0 Å². The zero-order chi connectivity index (χ0) is 12.6. The van der Waals surface area contributed by atoms with Gasteiger partial charge in [-0.1, -0.05) is 12.8 Å². The first-order chi connectivity index (χ1) is 8.64. The van der Waals surface area contributed by atoms with Crippen LogP contribution in [0.25, 0.3) is 0 Å². The quantitative estimate of drug-likeness (QED) is 0.818. The van der Waals surface area contributed by atoms with Gasteiger partial charge in [-0.05, 0) is 62.5 Å². The summed E-state index contributed by atoms with van der Waals surface area (Å²) in [5.41, 5.74) is 2.18. The molecular weight excluding hydrogens is 222 g/mol. The van der Waals surface area contributed by atoms with Gasteiger partial charge in [0.2, 0.25) is 0 Å². The Kier molecular flexibility index (Phi) is 2.93. The topological polar surface area (TPSA) is 33.1 Å². The Hall–Kier alpha value is -0.890. The van der Waals surface area contributed by atoms with Crippen LogP contribution in [-0.4, -0.2) is 10.1 Å². The molecule has 0 radical (unpaired) electrons. The second-order valence-electron chi connectivity index (χ2n) is 6.43. The number of hydrogen-bond donors (Lipinski definition) is 1. The minimum atomic E-state index is -0.619. The molecule has 2 fully saturated rings. The lowest BCUT2D eigenvalue weighted by Crippen LogP contribution is -2.36. The highest BCUT2D eigenvalue weighted by atomic mass is 16.3. The highest BCUT2D eigenvalue weighted by molar-refractivity contribution is 5.28. The Morgan fingerprint density at radius 1 is 1.06 bits per heavy atom. The molecule has 2 nitrogen and oxygen atoms in total. The molecule has 1 heterocycles. The van der Waals surface area contributed by atoms with Crippen molar-refractivity contribution in [2.45, 2.75) is 63.9 Å². The molecule has 0 bridgehead atoms. The fraction of sp³-hybridized carbons (Fsp3) is 0.688. The third-order valence-corrected chi connectivity index (χ3v) is 5.34. The first-order valence-corrected chi connectivity index (χ1v) is 7.27. The highest BCUT2D eigenvalue weighted by Crippen LogP contribution is 2.53. The smallest absolute Gasteiger partial charge is 0.0914 e. The van der Waals surface area contributed by atoms with Gasteiger partial charge >= 0.3 is 0 Å². The molecule has 0 aliphatic heterocycles.